The zero-order chi connectivity index (χ0) is 38.2. The highest BCUT2D eigenvalue weighted by Gasteiger charge is 2.22. The van der Waals surface area contributed by atoms with E-state index in [4.69, 9.17) is 8.83 Å². The van der Waals surface area contributed by atoms with E-state index in [0.717, 1.165) is 72.1 Å². The van der Waals surface area contributed by atoms with Gasteiger partial charge in [0.1, 0.15) is 22.3 Å². The Balaban J connectivity index is 1.03. The smallest absolute Gasteiger partial charge is 0.147 e. The van der Waals surface area contributed by atoms with E-state index in [9.17, 15) is 0 Å². The van der Waals surface area contributed by atoms with E-state index in [2.05, 4.69) is 193 Å². The molecule has 0 saturated carbocycles. The van der Waals surface area contributed by atoms with Crippen molar-refractivity contribution in [1.82, 2.24) is 0 Å². The van der Waals surface area contributed by atoms with Crippen LogP contribution in [0, 0.1) is 0 Å². The van der Waals surface area contributed by atoms with Gasteiger partial charge in [0.05, 0.1) is 15.8 Å². The van der Waals surface area contributed by atoms with E-state index in [0.29, 0.717) is 0 Å². The minimum atomic E-state index is 0.822. The van der Waals surface area contributed by atoms with Crippen LogP contribution >= 0.6 is 11.3 Å². The molecule has 12 rings (SSSR count). The van der Waals surface area contributed by atoms with Gasteiger partial charge in [-0.25, -0.2) is 0 Å². The van der Waals surface area contributed by atoms with Gasteiger partial charge in [0.15, 0.2) is 0 Å². The number of hydrogen-bond donors (Lipinski definition) is 0. The van der Waals surface area contributed by atoms with Crippen LogP contribution in [0.3, 0.4) is 0 Å². The summed E-state index contributed by atoms with van der Waals surface area (Å²) in [5.41, 5.74) is 13.8. The number of rotatable bonds is 6. The third kappa shape index (κ3) is 5.12. The molecule has 3 nitrogen and oxygen atoms in total. The fourth-order valence-electron chi connectivity index (χ4n) is 8.80. The third-order valence-corrected chi connectivity index (χ3v) is 12.8. The molecule has 12 aromatic rings. The quantitative estimate of drug-likeness (QED) is 0.169. The van der Waals surface area contributed by atoms with Crippen molar-refractivity contribution >= 4 is 92.4 Å². The first-order valence-electron chi connectivity index (χ1n) is 19.6. The average Bonchev–Trinajstić information content (AvgIpc) is 3.99. The number of thiophene rings is 1. The second kappa shape index (κ2) is 13.1. The van der Waals surface area contributed by atoms with Crippen molar-refractivity contribution < 1.29 is 8.83 Å². The van der Waals surface area contributed by atoms with Crippen LogP contribution in [0.25, 0.3) is 97.4 Å². The van der Waals surface area contributed by atoms with Crippen molar-refractivity contribution in [2.75, 3.05) is 4.90 Å². The molecule has 3 heterocycles. The summed E-state index contributed by atoms with van der Waals surface area (Å²) < 4.78 is 15.6. The van der Waals surface area contributed by atoms with Gasteiger partial charge in [0, 0.05) is 43.0 Å². The van der Waals surface area contributed by atoms with E-state index in [-0.39, 0.29) is 0 Å². The zero-order valence-electron chi connectivity index (χ0n) is 31.2. The fourth-order valence-corrected chi connectivity index (χ4v) is 10.1. The zero-order valence-corrected chi connectivity index (χ0v) is 32.0. The Morgan fingerprint density at radius 1 is 0.328 bits per heavy atom. The summed E-state index contributed by atoms with van der Waals surface area (Å²) in [5, 5.41) is 6.81. The van der Waals surface area contributed by atoms with Crippen LogP contribution in [-0.4, -0.2) is 0 Å². The van der Waals surface area contributed by atoms with E-state index in [1.807, 2.05) is 23.5 Å². The maximum Gasteiger partial charge on any atom is 0.147 e. The normalized spacial score (nSPS) is 11.8. The van der Waals surface area contributed by atoms with Crippen LogP contribution in [-0.2, 0) is 0 Å². The molecule has 4 heteroatoms. The molecule has 0 unspecified atom stereocenters. The Labute approximate surface area is 338 Å². The summed E-state index contributed by atoms with van der Waals surface area (Å²) in [6, 6.07) is 71.4. The van der Waals surface area contributed by atoms with Crippen LogP contribution < -0.4 is 4.90 Å². The predicted octanol–water partition coefficient (Wildman–Crippen LogP) is 16.3. The van der Waals surface area contributed by atoms with E-state index in [1.54, 1.807) is 0 Å². The Hall–Kier alpha value is -7.40. The lowest BCUT2D eigenvalue weighted by molar-refractivity contribution is 0.663. The molecule has 0 aliphatic heterocycles. The molecule has 0 N–H and O–H groups in total. The summed E-state index contributed by atoms with van der Waals surface area (Å²) >= 11 is 1.87. The van der Waals surface area contributed by atoms with Crippen LogP contribution in [0.4, 0.5) is 17.1 Å². The summed E-state index contributed by atoms with van der Waals surface area (Å²) in [4.78, 5) is 2.41. The first kappa shape index (κ1) is 32.8. The monoisotopic (exact) mass is 759 g/mol. The second-order valence-electron chi connectivity index (χ2n) is 14.8. The third-order valence-electron chi connectivity index (χ3n) is 11.5. The molecule has 0 saturated heterocycles. The highest BCUT2D eigenvalue weighted by Crippen LogP contribution is 2.48. The van der Waals surface area contributed by atoms with Crippen molar-refractivity contribution in [3.05, 3.63) is 200 Å². The number of fused-ring (bicyclic) bond motifs is 10. The predicted molar refractivity (Wildman–Crippen MR) is 245 cm³/mol. The van der Waals surface area contributed by atoms with Gasteiger partial charge in [-0.3, -0.25) is 0 Å². The number of nitrogens with zero attached hydrogens (tertiary/aromatic N) is 1. The number of benzene rings is 9. The van der Waals surface area contributed by atoms with Gasteiger partial charge >= 0.3 is 0 Å². The molecule has 0 fully saturated rings. The van der Waals surface area contributed by atoms with Gasteiger partial charge in [-0.1, -0.05) is 146 Å². The van der Waals surface area contributed by atoms with Gasteiger partial charge in [0.2, 0.25) is 0 Å². The first-order chi connectivity index (χ1) is 28.8. The number of para-hydroxylation sites is 1. The van der Waals surface area contributed by atoms with Crippen LogP contribution in [0.15, 0.2) is 209 Å². The average molecular weight is 760 g/mol. The molecule has 3 aromatic heterocycles. The number of anilines is 3. The van der Waals surface area contributed by atoms with Crippen molar-refractivity contribution in [1.29, 1.82) is 0 Å². The number of furan rings is 2. The Morgan fingerprint density at radius 2 is 0.879 bits per heavy atom. The van der Waals surface area contributed by atoms with Gasteiger partial charge in [-0.2, -0.15) is 0 Å². The lowest BCUT2D eigenvalue weighted by Crippen LogP contribution is -2.10. The van der Waals surface area contributed by atoms with Crippen molar-refractivity contribution in [2.45, 2.75) is 0 Å². The Morgan fingerprint density at radius 3 is 1.66 bits per heavy atom. The van der Waals surface area contributed by atoms with E-state index in [1.165, 1.54) is 42.4 Å². The molecule has 272 valence electrons. The van der Waals surface area contributed by atoms with Crippen molar-refractivity contribution in [3.63, 3.8) is 0 Å². The summed E-state index contributed by atoms with van der Waals surface area (Å²) in [6.07, 6.45) is 0. The molecule has 0 radical (unpaired) electrons. The van der Waals surface area contributed by atoms with Crippen LogP contribution in [0.2, 0.25) is 0 Å². The molecular weight excluding hydrogens is 727 g/mol. The van der Waals surface area contributed by atoms with Gasteiger partial charge in [-0.05, 0) is 88.0 Å². The molecule has 0 amide bonds. The van der Waals surface area contributed by atoms with Crippen molar-refractivity contribution in [3.8, 4) is 33.4 Å². The van der Waals surface area contributed by atoms with E-state index < -0.39 is 0 Å². The molecule has 0 bridgehead atoms. The topological polar surface area (TPSA) is 29.5 Å². The molecule has 0 aliphatic carbocycles. The minimum Gasteiger partial charge on any atom is -0.456 e. The second-order valence-corrected chi connectivity index (χ2v) is 15.8. The molecule has 9 aromatic carbocycles. The highest BCUT2D eigenvalue weighted by molar-refractivity contribution is 7.27. The first-order valence-corrected chi connectivity index (χ1v) is 20.4. The summed E-state index contributed by atoms with van der Waals surface area (Å²) in [6.45, 7) is 0. The van der Waals surface area contributed by atoms with Gasteiger partial charge in [-0.15, -0.1) is 11.3 Å². The number of hydrogen-bond acceptors (Lipinski definition) is 4. The maximum absolute atomic E-state index is 6.53. The fraction of sp³-hybridized carbons (Fsp3) is 0. The van der Waals surface area contributed by atoms with E-state index >= 15 is 0 Å². The van der Waals surface area contributed by atoms with Gasteiger partial charge < -0.3 is 13.7 Å². The SMILES string of the molecule is c1ccc(-c2ccc(N(c3ccc(-c4cccc5oc6ccc7c8ccccc8oc7c6c45)cc3)c3cccc4c3sc3c(-c5ccccc5)cccc34)cc2)cc1. The molecular formula is C54H33NO2S. The lowest BCUT2D eigenvalue weighted by atomic mass is 9.98. The minimum absolute atomic E-state index is 0.822. The molecule has 0 atom stereocenters. The summed E-state index contributed by atoms with van der Waals surface area (Å²) in [5.74, 6) is 0. The Bertz CT molecular complexity index is 3490. The Kier molecular flexibility index (Phi) is 7.40. The molecule has 0 aliphatic rings. The standard InChI is InChI=1S/C54H33NO2S/c1-3-12-34(13-4-1)35-24-28-38(29-25-35)55(46-21-10-20-45-44-19-9-18-41(53(44)58-54(45)46)36-14-5-2-6-15-36)39-30-26-37(27-31-39)40-17-11-23-48-50(40)51-49(56-48)33-32-43-42-16-7-8-22-47(42)57-52(43)51/h1-33H. The lowest BCUT2D eigenvalue weighted by Gasteiger charge is -2.26. The van der Waals surface area contributed by atoms with Crippen LogP contribution in [0.5, 0.6) is 0 Å². The molecule has 58 heavy (non-hydrogen) atoms. The highest BCUT2D eigenvalue weighted by atomic mass is 32.1. The largest absolute Gasteiger partial charge is 0.456 e. The van der Waals surface area contributed by atoms with Gasteiger partial charge in [0.25, 0.3) is 0 Å². The van der Waals surface area contributed by atoms with Crippen molar-refractivity contribution in [2.24, 2.45) is 0 Å². The summed E-state index contributed by atoms with van der Waals surface area (Å²) in [7, 11) is 0. The molecule has 0 spiro atoms. The maximum atomic E-state index is 6.53. The van der Waals surface area contributed by atoms with Crippen LogP contribution in [0.1, 0.15) is 0 Å².